The van der Waals surface area contributed by atoms with Crippen LogP contribution in [0.2, 0.25) is 5.02 Å². The second-order valence-electron chi connectivity index (χ2n) is 5.06. The fourth-order valence-corrected chi connectivity index (χ4v) is 2.20. The Bertz CT molecular complexity index is 832. The first kappa shape index (κ1) is 16.1. The molecule has 0 spiro atoms. The van der Waals surface area contributed by atoms with Crippen LogP contribution in [0.4, 0.5) is 4.39 Å². The van der Waals surface area contributed by atoms with E-state index in [2.05, 4.69) is 15.5 Å². The van der Waals surface area contributed by atoms with Crippen LogP contribution in [0.3, 0.4) is 0 Å². The Balaban J connectivity index is 1.57. The van der Waals surface area contributed by atoms with E-state index in [1.807, 2.05) is 12.1 Å². The molecule has 24 heavy (non-hydrogen) atoms. The van der Waals surface area contributed by atoms with E-state index in [0.717, 1.165) is 5.56 Å². The summed E-state index contributed by atoms with van der Waals surface area (Å²) >= 11 is 5.82. The summed E-state index contributed by atoms with van der Waals surface area (Å²) in [7, 11) is 0. The highest BCUT2D eigenvalue weighted by Crippen LogP contribution is 2.16. The monoisotopic (exact) mass is 345 g/mol. The first-order chi connectivity index (χ1) is 11.6. The number of aromatic nitrogens is 2. The van der Waals surface area contributed by atoms with Crippen LogP contribution in [0.25, 0.3) is 11.4 Å². The highest BCUT2D eigenvalue weighted by atomic mass is 35.5. The van der Waals surface area contributed by atoms with E-state index in [9.17, 15) is 9.18 Å². The number of amides is 1. The van der Waals surface area contributed by atoms with Crippen molar-refractivity contribution < 1.29 is 13.7 Å². The molecule has 3 aromatic rings. The van der Waals surface area contributed by atoms with Crippen molar-refractivity contribution in [3.63, 3.8) is 0 Å². The Morgan fingerprint density at radius 3 is 2.54 bits per heavy atom. The molecule has 0 unspecified atom stereocenters. The van der Waals surface area contributed by atoms with Crippen LogP contribution in [0, 0.1) is 5.82 Å². The molecule has 1 N–H and O–H groups in total. The number of halogens is 2. The van der Waals surface area contributed by atoms with Gasteiger partial charge in [-0.2, -0.15) is 4.98 Å². The molecule has 2 aromatic carbocycles. The van der Waals surface area contributed by atoms with Gasteiger partial charge in [0.15, 0.2) is 0 Å². The van der Waals surface area contributed by atoms with E-state index >= 15 is 0 Å². The summed E-state index contributed by atoms with van der Waals surface area (Å²) in [6.45, 7) is 0.425. The number of rotatable bonds is 5. The largest absolute Gasteiger partial charge is 0.347 e. The topological polar surface area (TPSA) is 68.0 Å². The second-order valence-corrected chi connectivity index (χ2v) is 5.50. The van der Waals surface area contributed by atoms with Crippen LogP contribution in [0.1, 0.15) is 16.2 Å². The lowest BCUT2D eigenvalue weighted by Crippen LogP contribution is -2.25. The van der Waals surface area contributed by atoms with Crippen molar-refractivity contribution in [3.05, 3.63) is 70.8 Å². The number of benzene rings is 2. The van der Waals surface area contributed by atoms with Crippen molar-refractivity contribution in [2.24, 2.45) is 0 Å². The minimum Gasteiger partial charge on any atom is -0.347 e. The van der Waals surface area contributed by atoms with Gasteiger partial charge in [0.25, 0.3) is 0 Å². The first-order valence-corrected chi connectivity index (χ1v) is 7.62. The SMILES string of the molecule is O=C(NCCc1ccc(Cl)cc1)c1nc(-c2ccc(F)cc2)no1. The van der Waals surface area contributed by atoms with Gasteiger partial charge in [-0.15, -0.1) is 0 Å². The molecule has 0 bridgehead atoms. The van der Waals surface area contributed by atoms with E-state index in [1.165, 1.54) is 24.3 Å². The molecule has 5 nitrogen and oxygen atoms in total. The van der Waals surface area contributed by atoms with Gasteiger partial charge in [-0.1, -0.05) is 28.9 Å². The average Bonchev–Trinajstić information content (AvgIpc) is 3.07. The molecule has 1 aromatic heterocycles. The van der Waals surface area contributed by atoms with Gasteiger partial charge in [-0.25, -0.2) is 4.39 Å². The predicted molar refractivity (Wildman–Crippen MR) is 87.2 cm³/mol. The second kappa shape index (κ2) is 7.23. The van der Waals surface area contributed by atoms with Crippen LogP contribution in [0.5, 0.6) is 0 Å². The number of carbonyl (C=O) groups is 1. The summed E-state index contributed by atoms with van der Waals surface area (Å²) in [4.78, 5) is 16.0. The van der Waals surface area contributed by atoms with Gasteiger partial charge in [-0.05, 0) is 48.4 Å². The quantitative estimate of drug-likeness (QED) is 0.768. The maximum atomic E-state index is 12.9. The number of nitrogens with zero attached hydrogens (tertiary/aromatic N) is 2. The summed E-state index contributed by atoms with van der Waals surface area (Å²) in [6.07, 6.45) is 0.655. The molecule has 0 radical (unpaired) electrons. The average molecular weight is 346 g/mol. The minimum absolute atomic E-state index is 0.134. The molecule has 0 aliphatic carbocycles. The molecule has 3 rings (SSSR count). The van der Waals surface area contributed by atoms with Crippen molar-refractivity contribution in [1.82, 2.24) is 15.5 Å². The Hall–Kier alpha value is -2.73. The molecular weight excluding hydrogens is 333 g/mol. The molecule has 1 heterocycles. The van der Waals surface area contributed by atoms with Gasteiger partial charge < -0.3 is 9.84 Å². The van der Waals surface area contributed by atoms with Crippen molar-refractivity contribution in [3.8, 4) is 11.4 Å². The zero-order valence-electron chi connectivity index (χ0n) is 12.5. The highest BCUT2D eigenvalue weighted by molar-refractivity contribution is 6.30. The Morgan fingerprint density at radius 2 is 1.83 bits per heavy atom. The van der Waals surface area contributed by atoms with E-state index < -0.39 is 5.91 Å². The lowest BCUT2D eigenvalue weighted by Gasteiger charge is -2.02. The molecule has 0 aliphatic rings. The molecule has 0 fully saturated rings. The third kappa shape index (κ3) is 3.97. The molecule has 1 amide bonds. The number of carbonyl (C=O) groups excluding carboxylic acids is 1. The van der Waals surface area contributed by atoms with Gasteiger partial charge >= 0.3 is 11.8 Å². The van der Waals surface area contributed by atoms with Crippen molar-refractivity contribution in [1.29, 1.82) is 0 Å². The summed E-state index contributed by atoms with van der Waals surface area (Å²) in [5, 5.41) is 7.11. The maximum Gasteiger partial charge on any atom is 0.316 e. The van der Waals surface area contributed by atoms with Crippen LogP contribution < -0.4 is 5.32 Å². The van der Waals surface area contributed by atoms with Gasteiger partial charge in [0.1, 0.15) is 5.82 Å². The predicted octanol–water partition coefficient (Wildman–Crippen LogP) is 3.50. The van der Waals surface area contributed by atoms with Crippen molar-refractivity contribution in [2.45, 2.75) is 6.42 Å². The summed E-state index contributed by atoms with van der Waals surface area (Å²) in [5.41, 5.74) is 1.62. The molecule has 0 saturated carbocycles. The third-order valence-electron chi connectivity index (χ3n) is 3.34. The lowest BCUT2D eigenvalue weighted by molar-refractivity contribution is 0.0910. The molecule has 122 valence electrons. The third-order valence-corrected chi connectivity index (χ3v) is 3.59. The van der Waals surface area contributed by atoms with Gasteiger partial charge in [0.05, 0.1) is 0 Å². The lowest BCUT2D eigenvalue weighted by atomic mass is 10.1. The summed E-state index contributed by atoms with van der Waals surface area (Å²) in [6, 6.07) is 13.0. The Morgan fingerprint density at radius 1 is 1.12 bits per heavy atom. The summed E-state index contributed by atoms with van der Waals surface area (Å²) in [5.74, 6) is -0.712. The Kier molecular flexibility index (Phi) is 4.86. The smallest absolute Gasteiger partial charge is 0.316 e. The van der Waals surface area contributed by atoms with Crippen LogP contribution in [-0.2, 0) is 6.42 Å². The molecule has 0 atom stereocenters. The van der Waals surface area contributed by atoms with Crippen LogP contribution in [-0.4, -0.2) is 22.6 Å². The van der Waals surface area contributed by atoms with Gasteiger partial charge in [0, 0.05) is 17.1 Å². The molecular formula is C17H13ClFN3O2. The fraction of sp³-hybridized carbons (Fsp3) is 0.118. The van der Waals surface area contributed by atoms with E-state index in [-0.39, 0.29) is 17.5 Å². The van der Waals surface area contributed by atoms with E-state index in [1.54, 1.807) is 12.1 Å². The first-order valence-electron chi connectivity index (χ1n) is 7.24. The minimum atomic E-state index is -0.454. The zero-order valence-corrected chi connectivity index (χ0v) is 13.3. The molecule has 0 aliphatic heterocycles. The summed E-state index contributed by atoms with van der Waals surface area (Å²) < 4.78 is 17.8. The van der Waals surface area contributed by atoms with E-state index in [4.69, 9.17) is 16.1 Å². The van der Waals surface area contributed by atoms with Crippen molar-refractivity contribution >= 4 is 17.5 Å². The van der Waals surface area contributed by atoms with Crippen LogP contribution >= 0.6 is 11.6 Å². The number of hydrogen-bond acceptors (Lipinski definition) is 4. The zero-order chi connectivity index (χ0) is 16.9. The number of hydrogen-bond donors (Lipinski definition) is 1. The van der Waals surface area contributed by atoms with Gasteiger partial charge in [-0.3, -0.25) is 4.79 Å². The normalized spacial score (nSPS) is 10.6. The van der Waals surface area contributed by atoms with Gasteiger partial charge in [0.2, 0.25) is 5.82 Å². The fourth-order valence-electron chi connectivity index (χ4n) is 2.08. The standard InChI is InChI=1S/C17H13ClFN3O2/c18-13-5-1-11(2-6-13)9-10-20-16(23)17-21-15(22-24-17)12-3-7-14(19)8-4-12/h1-8H,9-10H2,(H,20,23). The Labute approximate surface area is 142 Å². The van der Waals surface area contributed by atoms with Crippen LogP contribution in [0.15, 0.2) is 53.1 Å². The molecule has 0 saturated heterocycles. The molecule has 7 heteroatoms. The van der Waals surface area contributed by atoms with E-state index in [0.29, 0.717) is 23.6 Å². The maximum absolute atomic E-state index is 12.9. The van der Waals surface area contributed by atoms with Crippen molar-refractivity contribution in [2.75, 3.05) is 6.54 Å². The highest BCUT2D eigenvalue weighted by Gasteiger charge is 2.15. The number of nitrogens with one attached hydrogen (secondary N) is 1.